The van der Waals surface area contributed by atoms with E-state index < -0.39 is 15.8 Å². The normalized spacial score (nSPS) is 16.8. The fraction of sp³-hybridized carbons (Fsp3) is 0.400. The highest BCUT2D eigenvalue weighted by Crippen LogP contribution is 2.36. The van der Waals surface area contributed by atoms with Crippen molar-refractivity contribution < 1.29 is 23.1 Å². The number of aliphatic carboxylic acids is 1. The van der Waals surface area contributed by atoms with Crippen molar-refractivity contribution in [1.29, 1.82) is 0 Å². The number of sulfone groups is 1. The highest BCUT2D eigenvalue weighted by atomic mass is 32.2. The second-order valence-electron chi connectivity index (χ2n) is 11.4. The zero-order valence-corrected chi connectivity index (χ0v) is 24.5. The highest BCUT2D eigenvalue weighted by molar-refractivity contribution is 7.91. The third-order valence-electron chi connectivity index (χ3n) is 8.38. The Balaban J connectivity index is 1.25. The number of carboxylic acid groups (broad SMARTS) is 1. The van der Waals surface area contributed by atoms with Crippen LogP contribution in [-0.4, -0.2) is 37.6 Å². The number of rotatable bonds is 9. The number of carbonyl (C=O) groups is 1. The summed E-state index contributed by atoms with van der Waals surface area (Å²) in [6, 6.07) is 21.5. The van der Waals surface area contributed by atoms with Gasteiger partial charge in [-0.25, -0.2) is 8.42 Å². The summed E-state index contributed by atoms with van der Waals surface area (Å²) in [5.41, 5.74) is 8.75. The van der Waals surface area contributed by atoms with E-state index in [1.807, 2.05) is 12.1 Å². The van der Waals surface area contributed by atoms with Crippen LogP contribution in [-0.2, 0) is 40.3 Å². The Kier molecular flexibility index (Phi) is 9.15. The molecular formula is C35H38O5S. The van der Waals surface area contributed by atoms with E-state index in [4.69, 9.17) is 4.74 Å². The molecule has 1 saturated heterocycles. The van der Waals surface area contributed by atoms with Crippen molar-refractivity contribution in [3.8, 4) is 28.7 Å². The third-order valence-corrected chi connectivity index (χ3v) is 10.1. The van der Waals surface area contributed by atoms with E-state index in [1.54, 1.807) is 6.92 Å². The van der Waals surface area contributed by atoms with E-state index in [9.17, 15) is 18.3 Å². The minimum absolute atomic E-state index is 0.0113. The molecule has 0 radical (unpaired) electrons. The second-order valence-corrected chi connectivity index (χ2v) is 13.7. The van der Waals surface area contributed by atoms with Crippen molar-refractivity contribution in [1.82, 2.24) is 0 Å². The second kappa shape index (κ2) is 13.0. The largest absolute Gasteiger partial charge is 0.493 e. The smallest absolute Gasteiger partial charge is 0.304 e. The van der Waals surface area contributed by atoms with E-state index >= 15 is 0 Å². The van der Waals surface area contributed by atoms with Crippen molar-refractivity contribution in [3.63, 3.8) is 0 Å². The molecule has 6 heteroatoms. The lowest BCUT2D eigenvalue weighted by molar-refractivity contribution is -0.137. The SMILES string of the molecule is CC#C[C@@H](CC(=O)O)c1ccc(CCc2ccc3c(c2)-c2ccc(OCC4CCS(=O)(=O)CC4)cc2CCC3)cc1. The Morgan fingerprint density at radius 3 is 2.37 bits per heavy atom. The molecule has 0 amide bonds. The van der Waals surface area contributed by atoms with E-state index in [-0.39, 0.29) is 23.8 Å². The van der Waals surface area contributed by atoms with Gasteiger partial charge in [-0.15, -0.1) is 5.92 Å². The van der Waals surface area contributed by atoms with Crippen molar-refractivity contribution in [3.05, 3.63) is 88.5 Å². The lowest BCUT2D eigenvalue weighted by Gasteiger charge is -2.22. The molecule has 1 heterocycles. The van der Waals surface area contributed by atoms with E-state index in [1.165, 1.54) is 33.4 Å². The number of hydrogen-bond donors (Lipinski definition) is 1. The summed E-state index contributed by atoms with van der Waals surface area (Å²) in [6.07, 6.45) is 6.38. The first-order valence-corrected chi connectivity index (χ1v) is 16.4. The standard InChI is InChI=1S/C35H38O5S/c1-2-4-30(23-35(36)37)28-12-9-25(10-13-28)7-8-26-11-14-29-5-3-6-31-22-32(15-16-33(31)34(29)21-26)40-24-27-17-19-41(38,39)20-18-27/h9-16,21-22,27,30H,3,5-8,17-20,23-24H2,1H3,(H,36,37)/t30-/m0/s1. The lowest BCUT2D eigenvalue weighted by Crippen LogP contribution is -2.26. The molecule has 1 N–H and O–H groups in total. The van der Waals surface area contributed by atoms with Gasteiger partial charge in [-0.3, -0.25) is 4.79 Å². The van der Waals surface area contributed by atoms with Gasteiger partial charge in [0.25, 0.3) is 0 Å². The van der Waals surface area contributed by atoms with Gasteiger partial charge >= 0.3 is 5.97 Å². The molecule has 5 rings (SSSR count). The predicted octanol–water partition coefficient (Wildman–Crippen LogP) is 6.41. The Labute approximate surface area is 243 Å². The number of benzene rings is 3. The summed E-state index contributed by atoms with van der Waals surface area (Å²) < 4.78 is 29.6. The van der Waals surface area contributed by atoms with Gasteiger partial charge < -0.3 is 9.84 Å². The molecule has 0 unspecified atom stereocenters. The molecule has 3 aromatic rings. The molecule has 0 bridgehead atoms. The molecule has 1 aliphatic heterocycles. The molecule has 41 heavy (non-hydrogen) atoms. The van der Waals surface area contributed by atoms with Gasteiger partial charge in [0.2, 0.25) is 0 Å². The average Bonchev–Trinajstić information content (AvgIpc) is 3.14. The number of carboxylic acids is 1. The molecule has 0 aromatic heterocycles. The third kappa shape index (κ3) is 7.59. The van der Waals surface area contributed by atoms with Crippen LogP contribution in [0.3, 0.4) is 0 Å². The molecule has 1 fully saturated rings. The van der Waals surface area contributed by atoms with Crippen LogP contribution < -0.4 is 4.74 Å². The van der Waals surface area contributed by atoms with Crippen LogP contribution in [0.1, 0.15) is 66.3 Å². The highest BCUT2D eigenvalue weighted by Gasteiger charge is 2.24. The van der Waals surface area contributed by atoms with Gasteiger partial charge in [0.05, 0.1) is 30.5 Å². The fourth-order valence-electron chi connectivity index (χ4n) is 5.97. The van der Waals surface area contributed by atoms with E-state index in [2.05, 4.69) is 60.4 Å². The van der Waals surface area contributed by atoms with Crippen LogP contribution in [0.4, 0.5) is 0 Å². The number of ether oxygens (including phenoxy) is 1. The van der Waals surface area contributed by atoms with Crippen molar-refractivity contribution in [2.75, 3.05) is 18.1 Å². The van der Waals surface area contributed by atoms with E-state index in [0.717, 1.165) is 43.4 Å². The molecule has 1 aliphatic carbocycles. The van der Waals surface area contributed by atoms with Crippen LogP contribution in [0.2, 0.25) is 0 Å². The number of fused-ring (bicyclic) bond motifs is 3. The van der Waals surface area contributed by atoms with Gasteiger partial charge in [-0.1, -0.05) is 54.5 Å². The summed E-state index contributed by atoms with van der Waals surface area (Å²) in [5.74, 6) is 6.47. The molecule has 3 aromatic carbocycles. The summed E-state index contributed by atoms with van der Waals surface area (Å²) >= 11 is 0. The zero-order valence-electron chi connectivity index (χ0n) is 23.7. The summed E-state index contributed by atoms with van der Waals surface area (Å²) in [5, 5.41) is 9.21. The maximum absolute atomic E-state index is 11.7. The molecule has 2 aliphatic rings. The van der Waals surface area contributed by atoms with E-state index in [0.29, 0.717) is 25.4 Å². The average molecular weight is 571 g/mol. The van der Waals surface area contributed by atoms with Gasteiger partial charge in [0, 0.05) is 0 Å². The Bertz CT molecular complexity index is 1550. The van der Waals surface area contributed by atoms with Crippen LogP contribution in [0, 0.1) is 17.8 Å². The Morgan fingerprint density at radius 2 is 1.63 bits per heavy atom. The van der Waals surface area contributed by atoms with Crippen LogP contribution in [0.15, 0.2) is 60.7 Å². The molecule has 214 valence electrons. The van der Waals surface area contributed by atoms with Gasteiger partial charge in [0.15, 0.2) is 0 Å². The first-order valence-electron chi connectivity index (χ1n) is 14.6. The number of hydrogen-bond acceptors (Lipinski definition) is 4. The molecule has 5 nitrogen and oxygen atoms in total. The predicted molar refractivity (Wildman–Crippen MR) is 163 cm³/mol. The minimum Gasteiger partial charge on any atom is -0.493 e. The Morgan fingerprint density at radius 1 is 0.927 bits per heavy atom. The van der Waals surface area contributed by atoms with Crippen molar-refractivity contribution in [2.45, 2.75) is 64.2 Å². The molecule has 1 atom stereocenters. The first kappa shape index (κ1) is 29.0. The monoisotopic (exact) mass is 570 g/mol. The fourth-order valence-corrected chi connectivity index (χ4v) is 7.56. The van der Waals surface area contributed by atoms with Crippen molar-refractivity contribution >= 4 is 15.8 Å². The topological polar surface area (TPSA) is 80.7 Å². The maximum Gasteiger partial charge on any atom is 0.304 e. The van der Waals surface area contributed by atoms with Gasteiger partial charge in [-0.2, -0.15) is 0 Å². The summed E-state index contributed by atoms with van der Waals surface area (Å²) in [6.45, 7) is 2.31. The number of aryl methyl sites for hydroxylation is 4. The van der Waals surface area contributed by atoms with Crippen molar-refractivity contribution in [2.24, 2.45) is 5.92 Å². The first-order chi connectivity index (χ1) is 19.8. The maximum atomic E-state index is 11.7. The molecule has 0 spiro atoms. The minimum atomic E-state index is -2.86. The lowest BCUT2D eigenvalue weighted by atomic mass is 9.92. The van der Waals surface area contributed by atoms with Crippen LogP contribution in [0.25, 0.3) is 11.1 Å². The van der Waals surface area contributed by atoms with Crippen LogP contribution in [0.5, 0.6) is 5.75 Å². The molecular weight excluding hydrogens is 532 g/mol. The summed E-state index contributed by atoms with van der Waals surface area (Å²) in [7, 11) is -2.86. The zero-order chi connectivity index (χ0) is 28.8. The molecule has 0 saturated carbocycles. The quantitative estimate of drug-likeness (QED) is 0.301. The van der Waals surface area contributed by atoms with Crippen LogP contribution >= 0.6 is 0 Å². The van der Waals surface area contributed by atoms with Gasteiger partial charge in [0.1, 0.15) is 15.6 Å². The summed E-state index contributed by atoms with van der Waals surface area (Å²) in [4.78, 5) is 11.2. The van der Waals surface area contributed by atoms with Gasteiger partial charge in [-0.05, 0) is 109 Å². The Hall–Kier alpha value is -3.56.